The van der Waals surface area contributed by atoms with Gasteiger partial charge in [0.15, 0.2) is 0 Å². The van der Waals surface area contributed by atoms with E-state index in [0.29, 0.717) is 5.92 Å². The van der Waals surface area contributed by atoms with Gasteiger partial charge in [0, 0.05) is 5.71 Å². The number of hydrogen-bond donors (Lipinski definition) is 2. The van der Waals surface area contributed by atoms with Crippen LogP contribution in [0.5, 0.6) is 5.75 Å². The van der Waals surface area contributed by atoms with Crippen molar-refractivity contribution in [3.63, 3.8) is 0 Å². The molecule has 0 spiro atoms. The summed E-state index contributed by atoms with van der Waals surface area (Å²) < 4.78 is 0. The second-order valence-corrected chi connectivity index (χ2v) is 5.14. The molecule has 2 unspecified atom stereocenters. The van der Waals surface area contributed by atoms with E-state index in [0.717, 1.165) is 18.1 Å². The number of para-hydroxylation sites is 1. The molecule has 2 aliphatic rings. The highest BCUT2D eigenvalue weighted by Gasteiger charge is 2.36. The molecule has 1 amide bonds. The number of benzene rings is 1. The normalized spacial score (nSPS) is 27.7. The van der Waals surface area contributed by atoms with Gasteiger partial charge in [-0.15, -0.1) is 0 Å². The summed E-state index contributed by atoms with van der Waals surface area (Å²) in [5.41, 5.74) is 3.94. The van der Waals surface area contributed by atoms with Crippen molar-refractivity contribution in [1.82, 2.24) is 5.43 Å². The molecule has 0 saturated heterocycles. The van der Waals surface area contributed by atoms with E-state index in [4.69, 9.17) is 0 Å². The number of phenolic OH excluding ortho intramolecular Hbond substituents is 1. The van der Waals surface area contributed by atoms with Crippen molar-refractivity contribution in [3.05, 3.63) is 29.8 Å². The van der Waals surface area contributed by atoms with Gasteiger partial charge in [-0.25, -0.2) is 5.43 Å². The van der Waals surface area contributed by atoms with Crippen LogP contribution in [-0.2, 0) is 0 Å². The van der Waals surface area contributed by atoms with Gasteiger partial charge in [-0.1, -0.05) is 12.1 Å². The van der Waals surface area contributed by atoms with Gasteiger partial charge in [-0.05, 0) is 49.7 Å². The lowest BCUT2D eigenvalue weighted by atomic mass is 9.99. The monoisotopic (exact) mass is 244 g/mol. The van der Waals surface area contributed by atoms with Crippen LogP contribution in [0.3, 0.4) is 0 Å². The van der Waals surface area contributed by atoms with Crippen molar-refractivity contribution in [2.75, 3.05) is 0 Å². The van der Waals surface area contributed by atoms with E-state index in [1.165, 1.54) is 25.3 Å². The van der Waals surface area contributed by atoms with Gasteiger partial charge < -0.3 is 5.11 Å². The minimum Gasteiger partial charge on any atom is -0.507 e. The second kappa shape index (κ2) is 4.44. The fourth-order valence-corrected chi connectivity index (χ4v) is 3.01. The average molecular weight is 244 g/mol. The van der Waals surface area contributed by atoms with Gasteiger partial charge in [0.05, 0.1) is 5.56 Å². The van der Waals surface area contributed by atoms with Gasteiger partial charge in [-0.2, -0.15) is 5.10 Å². The molecule has 1 aromatic rings. The molecule has 1 aromatic carbocycles. The fourth-order valence-electron chi connectivity index (χ4n) is 3.01. The third-order valence-electron chi connectivity index (χ3n) is 3.96. The minimum absolute atomic E-state index is 0.0110. The van der Waals surface area contributed by atoms with Crippen LogP contribution < -0.4 is 5.43 Å². The largest absolute Gasteiger partial charge is 0.507 e. The number of amides is 1. The number of rotatable bonds is 2. The van der Waals surface area contributed by atoms with Crippen molar-refractivity contribution in [2.45, 2.75) is 25.7 Å². The summed E-state index contributed by atoms with van der Waals surface area (Å²) in [4.78, 5) is 11.9. The van der Waals surface area contributed by atoms with Crippen molar-refractivity contribution >= 4 is 11.6 Å². The Morgan fingerprint density at radius 2 is 2.17 bits per heavy atom. The first kappa shape index (κ1) is 11.3. The summed E-state index contributed by atoms with van der Waals surface area (Å²) in [6.07, 6.45) is 4.75. The lowest BCUT2D eigenvalue weighted by molar-refractivity contribution is 0.0952. The highest BCUT2D eigenvalue weighted by Crippen LogP contribution is 2.42. The zero-order valence-corrected chi connectivity index (χ0v) is 10.1. The molecule has 2 bridgehead atoms. The number of nitrogens with zero attached hydrogens (tertiary/aromatic N) is 1. The van der Waals surface area contributed by atoms with Crippen LogP contribution in [-0.4, -0.2) is 16.7 Å². The molecule has 2 saturated carbocycles. The molecule has 3 rings (SSSR count). The van der Waals surface area contributed by atoms with E-state index in [-0.39, 0.29) is 17.2 Å². The van der Waals surface area contributed by atoms with E-state index in [9.17, 15) is 9.90 Å². The average Bonchev–Trinajstić information content (AvgIpc) is 2.98. The smallest absolute Gasteiger partial charge is 0.275 e. The number of carbonyl (C=O) groups is 1. The van der Waals surface area contributed by atoms with E-state index in [1.807, 2.05) is 0 Å². The van der Waals surface area contributed by atoms with Crippen LogP contribution in [0.25, 0.3) is 0 Å². The van der Waals surface area contributed by atoms with E-state index >= 15 is 0 Å². The van der Waals surface area contributed by atoms with E-state index in [1.54, 1.807) is 18.2 Å². The maximum Gasteiger partial charge on any atom is 0.275 e. The Balaban J connectivity index is 1.69. The maximum absolute atomic E-state index is 11.9. The molecule has 2 aliphatic carbocycles. The zero-order valence-electron chi connectivity index (χ0n) is 10.1. The first-order chi connectivity index (χ1) is 8.74. The van der Waals surface area contributed by atoms with Gasteiger partial charge in [-0.3, -0.25) is 4.79 Å². The number of hydrogen-bond acceptors (Lipinski definition) is 3. The Bertz CT molecular complexity index is 510. The third kappa shape index (κ3) is 1.98. The summed E-state index contributed by atoms with van der Waals surface area (Å²) in [5, 5.41) is 13.8. The molecule has 4 nitrogen and oxygen atoms in total. The SMILES string of the molecule is O=C(N/N=C1/CC2CCC1C2)c1ccccc1O. The maximum atomic E-state index is 11.9. The number of hydrazone groups is 1. The summed E-state index contributed by atoms with van der Waals surface area (Å²) >= 11 is 0. The Kier molecular flexibility index (Phi) is 2.78. The van der Waals surface area contributed by atoms with Gasteiger partial charge in [0.25, 0.3) is 5.91 Å². The van der Waals surface area contributed by atoms with Gasteiger partial charge in [0.2, 0.25) is 0 Å². The highest BCUT2D eigenvalue weighted by molar-refractivity contribution is 5.98. The van der Waals surface area contributed by atoms with Crippen molar-refractivity contribution in [2.24, 2.45) is 16.9 Å². The molecule has 0 aliphatic heterocycles. The lowest BCUT2D eigenvalue weighted by Gasteiger charge is -2.11. The Hall–Kier alpha value is -1.84. The Morgan fingerprint density at radius 3 is 2.83 bits per heavy atom. The van der Waals surface area contributed by atoms with Crippen molar-refractivity contribution < 1.29 is 9.90 Å². The molecule has 94 valence electrons. The first-order valence-electron chi connectivity index (χ1n) is 6.39. The van der Waals surface area contributed by atoms with Crippen LogP contribution in [0, 0.1) is 11.8 Å². The predicted octanol–water partition coefficient (Wildman–Crippen LogP) is 2.30. The second-order valence-electron chi connectivity index (χ2n) is 5.14. The summed E-state index contributed by atoms with van der Waals surface area (Å²) in [7, 11) is 0. The summed E-state index contributed by atoms with van der Waals surface area (Å²) in [5.74, 6) is 0.988. The van der Waals surface area contributed by atoms with E-state index in [2.05, 4.69) is 10.5 Å². The summed E-state index contributed by atoms with van der Waals surface area (Å²) in [6.45, 7) is 0. The molecule has 4 heteroatoms. The molecule has 0 radical (unpaired) electrons. The highest BCUT2D eigenvalue weighted by atomic mass is 16.3. The molecular weight excluding hydrogens is 228 g/mol. The van der Waals surface area contributed by atoms with Gasteiger partial charge >= 0.3 is 0 Å². The predicted molar refractivity (Wildman–Crippen MR) is 68.5 cm³/mol. The molecule has 2 atom stereocenters. The van der Waals surface area contributed by atoms with E-state index < -0.39 is 0 Å². The number of nitrogens with one attached hydrogen (secondary N) is 1. The Morgan fingerprint density at radius 1 is 1.33 bits per heavy atom. The molecular formula is C14H16N2O2. The molecule has 2 N–H and O–H groups in total. The first-order valence-corrected chi connectivity index (χ1v) is 6.39. The quantitative estimate of drug-likeness (QED) is 0.784. The number of phenols is 1. The standard InChI is InChI=1S/C14H16N2O2/c17-13-4-2-1-3-11(13)14(18)16-15-12-8-9-5-6-10(12)7-9/h1-4,9-10,17H,5-8H2,(H,16,18)/b15-12-. The minimum atomic E-state index is -0.344. The Labute approximate surface area is 106 Å². The molecule has 0 heterocycles. The van der Waals surface area contributed by atoms with Crippen molar-refractivity contribution in [1.29, 1.82) is 0 Å². The number of aromatic hydroxyl groups is 1. The summed E-state index contributed by atoms with van der Waals surface area (Å²) in [6, 6.07) is 6.50. The number of fused-ring (bicyclic) bond motifs is 2. The van der Waals surface area contributed by atoms with Gasteiger partial charge in [0.1, 0.15) is 5.75 Å². The number of carbonyl (C=O) groups excluding carboxylic acids is 1. The molecule has 18 heavy (non-hydrogen) atoms. The van der Waals surface area contributed by atoms with Crippen LogP contribution in [0.1, 0.15) is 36.0 Å². The van der Waals surface area contributed by atoms with Crippen LogP contribution in [0.4, 0.5) is 0 Å². The van der Waals surface area contributed by atoms with Crippen LogP contribution in [0.2, 0.25) is 0 Å². The molecule has 0 aromatic heterocycles. The van der Waals surface area contributed by atoms with Crippen LogP contribution in [0.15, 0.2) is 29.4 Å². The molecule has 2 fully saturated rings. The van der Waals surface area contributed by atoms with Crippen molar-refractivity contribution in [3.8, 4) is 5.75 Å². The topological polar surface area (TPSA) is 61.7 Å². The fraction of sp³-hybridized carbons (Fsp3) is 0.429. The van der Waals surface area contributed by atoms with Crippen LogP contribution >= 0.6 is 0 Å². The third-order valence-corrected chi connectivity index (χ3v) is 3.96. The zero-order chi connectivity index (χ0) is 12.5. The lowest BCUT2D eigenvalue weighted by Crippen LogP contribution is -2.21.